The van der Waals surface area contributed by atoms with Gasteiger partial charge < -0.3 is 16.2 Å². The molecule has 1 aromatic carbocycles. The molecule has 4 N–H and O–H groups in total. The van der Waals surface area contributed by atoms with Crippen molar-refractivity contribution in [3.05, 3.63) is 46.8 Å². The minimum Gasteiger partial charge on any atom is -0.477 e. The van der Waals surface area contributed by atoms with Crippen LogP contribution in [0.2, 0.25) is 0 Å². The van der Waals surface area contributed by atoms with Gasteiger partial charge in [0.25, 0.3) is 5.91 Å². The number of rotatable bonds is 5. The van der Waals surface area contributed by atoms with Crippen LogP contribution in [0, 0.1) is 0 Å². The molecule has 1 aromatic heterocycles. The first-order chi connectivity index (χ1) is 13.9. The molecule has 4 rings (SSSR count). The molecule has 3 heterocycles. The number of aromatic nitrogens is 1. The summed E-state index contributed by atoms with van der Waals surface area (Å²) in [6.45, 7) is 0. The Kier molecular flexibility index (Phi) is 5.24. The van der Waals surface area contributed by atoms with E-state index in [1.54, 1.807) is 0 Å². The van der Waals surface area contributed by atoms with Crippen molar-refractivity contribution < 1.29 is 19.5 Å². The van der Waals surface area contributed by atoms with Crippen LogP contribution in [0.3, 0.4) is 0 Å². The Morgan fingerprint density at radius 3 is 2.76 bits per heavy atom. The Morgan fingerprint density at radius 2 is 2.07 bits per heavy atom. The van der Waals surface area contributed by atoms with Crippen LogP contribution in [0.1, 0.15) is 5.69 Å². The van der Waals surface area contributed by atoms with Crippen molar-refractivity contribution in [2.24, 2.45) is 0 Å². The predicted octanol–water partition coefficient (Wildman–Crippen LogP) is 1.87. The molecule has 0 radical (unpaired) electrons. The van der Waals surface area contributed by atoms with E-state index < -0.39 is 23.3 Å². The van der Waals surface area contributed by atoms with E-state index in [0.717, 1.165) is 15.3 Å². The predicted molar refractivity (Wildman–Crippen MR) is 111 cm³/mol. The van der Waals surface area contributed by atoms with Crippen molar-refractivity contribution in [3.8, 4) is 10.4 Å². The van der Waals surface area contributed by atoms with Crippen molar-refractivity contribution in [1.29, 1.82) is 0 Å². The fourth-order valence-electron chi connectivity index (χ4n) is 3.26. The number of nitrogens with one attached hydrogen (secondary N) is 1. The minimum atomic E-state index is -1.26. The van der Waals surface area contributed by atoms with E-state index in [2.05, 4.69) is 10.3 Å². The largest absolute Gasteiger partial charge is 0.477 e. The monoisotopic (exact) mass is 450 g/mol. The number of fused-ring (bicyclic) bond motifs is 1. The van der Waals surface area contributed by atoms with Gasteiger partial charge in [-0.25, -0.2) is 9.78 Å². The van der Waals surface area contributed by atoms with Gasteiger partial charge in [-0.3, -0.25) is 14.5 Å². The molecule has 29 heavy (non-hydrogen) atoms. The number of nitrogens with zero attached hydrogens (tertiary/aromatic N) is 2. The first-order valence-corrected chi connectivity index (χ1v) is 10.8. The molecule has 1 saturated heterocycles. The topological polar surface area (TPSA) is 126 Å². The molecule has 2 aliphatic heterocycles. The van der Waals surface area contributed by atoms with E-state index in [0.29, 0.717) is 10.8 Å². The maximum absolute atomic E-state index is 12.6. The number of hydrogen-bond donors (Lipinski definition) is 3. The number of nitrogens with two attached hydrogens (primary N) is 1. The van der Waals surface area contributed by atoms with Crippen LogP contribution in [0.5, 0.6) is 0 Å². The van der Waals surface area contributed by atoms with Crippen molar-refractivity contribution in [2.45, 2.75) is 17.8 Å². The van der Waals surface area contributed by atoms with Gasteiger partial charge in [0.15, 0.2) is 5.13 Å². The van der Waals surface area contributed by atoms with Crippen molar-refractivity contribution in [3.63, 3.8) is 0 Å². The van der Waals surface area contributed by atoms with Crippen LogP contribution < -0.4 is 11.1 Å². The number of carboxylic acid groups (broad SMARTS) is 1. The van der Waals surface area contributed by atoms with Gasteiger partial charge in [-0.2, -0.15) is 0 Å². The number of carbonyl (C=O) groups excluding carboxylic acids is 2. The fraction of sp³-hybridized carbons (Fsp3) is 0.222. The van der Waals surface area contributed by atoms with E-state index >= 15 is 0 Å². The number of nitrogen functional groups attached to an aromatic ring is 1. The van der Waals surface area contributed by atoms with E-state index in [4.69, 9.17) is 17.3 Å². The minimum absolute atomic E-state index is 0.0402. The number of benzene rings is 1. The number of hydrogen-bond acceptors (Lipinski definition) is 7. The molecule has 0 saturated carbocycles. The molecule has 2 aromatic rings. The van der Waals surface area contributed by atoms with E-state index in [9.17, 15) is 19.5 Å². The smallest absolute Gasteiger partial charge is 0.353 e. The molecule has 0 aliphatic carbocycles. The molecule has 2 aliphatic rings. The number of carbonyl (C=O) groups is 3. The fourth-order valence-corrected chi connectivity index (χ4v) is 5.67. The number of halogens is 1. The Morgan fingerprint density at radius 1 is 1.34 bits per heavy atom. The highest BCUT2D eigenvalue weighted by Gasteiger charge is 2.54. The van der Waals surface area contributed by atoms with Gasteiger partial charge in [0.1, 0.15) is 17.1 Å². The molecule has 11 heteroatoms. The van der Waals surface area contributed by atoms with Crippen molar-refractivity contribution >= 4 is 57.6 Å². The summed E-state index contributed by atoms with van der Waals surface area (Å²) >= 11 is 8.56. The van der Waals surface area contributed by atoms with E-state index in [1.807, 2.05) is 30.3 Å². The molecule has 2 amide bonds. The molecule has 0 bridgehead atoms. The second kappa shape index (κ2) is 7.69. The van der Waals surface area contributed by atoms with Gasteiger partial charge in [-0.1, -0.05) is 53.3 Å². The van der Waals surface area contributed by atoms with Crippen LogP contribution in [0.15, 0.2) is 41.1 Å². The van der Waals surface area contributed by atoms with Crippen molar-refractivity contribution in [1.82, 2.24) is 15.2 Å². The molecule has 1 fully saturated rings. The van der Waals surface area contributed by atoms with Crippen LogP contribution in [0.4, 0.5) is 5.13 Å². The third-order valence-corrected chi connectivity index (χ3v) is 7.25. The van der Waals surface area contributed by atoms with Gasteiger partial charge in [-0.15, -0.1) is 11.8 Å². The second-order valence-corrected chi connectivity index (χ2v) is 8.98. The van der Waals surface area contributed by atoms with Gasteiger partial charge in [-0.05, 0) is 5.56 Å². The van der Waals surface area contributed by atoms with Crippen LogP contribution in [-0.2, 0) is 20.8 Å². The lowest BCUT2D eigenvalue weighted by atomic mass is 10.0. The Hall–Kier alpha value is -2.56. The summed E-state index contributed by atoms with van der Waals surface area (Å²) in [5.41, 5.74) is 7.06. The molecule has 150 valence electrons. The third-order valence-electron chi connectivity index (χ3n) is 4.52. The highest BCUT2D eigenvalue weighted by molar-refractivity contribution is 8.00. The number of anilines is 1. The number of carboxylic acids is 1. The number of β-lactam (4-membered cyclic amide) rings is 1. The van der Waals surface area contributed by atoms with Gasteiger partial charge in [0, 0.05) is 5.75 Å². The molecular formula is C18H15ClN4O4S2. The van der Waals surface area contributed by atoms with Gasteiger partial charge in [0.2, 0.25) is 5.91 Å². The summed E-state index contributed by atoms with van der Waals surface area (Å²) in [7, 11) is 0. The standard InChI is InChI=1S/C18H15ClN4O4S2/c19-9-7-28-16-12(15(25)23(16)13(9)17(26)27)22-11(24)6-10-14(29-18(20)21-10)8-4-2-1-3-5-8/h1-5,12,16H,6-7H2,(H2,20,21)(H,22,24)(H,26,27)/t12-,16-/m1/s1. The van der Waals surface area contributed by atoms with Crippen molar-refractivity contribution in [2.75, 3.05) is 11.5 Å². The highest BCUT2D eigenvalue weighted by atomic mass is 35.5. The first-order valence-electron chi connectivity index (χ1n) is 8.53. The normalized spacial score (nSPS) is 20.9. The third kappa shape index (κ3) is 3.59. The number of aliphatic carboxylic acids is 1. The molecule has 2 atom stereocenters. The summed E-state index contributed by atoms with van der Waals surface area (Å²) in [6, 6.07) is 8.67. The van der Waals surface area contributed by atoms with E-state index in [1.165, 1.54) is 23.1 Å². The van der Waals surface area contributed by atoms with Gasteiger partial charge >= 0.3 is 5.97 Å². The zero-order valence-corrected chi connectivity index (χ0v) is 17.2. The maximum atomic E-state index is 12.6. The first kappa shape index (κ1) is 19.7. The molecule has 8 nitrogen and oxygen atoms in total. The Labute approximate surface area is 178 Å². The van der Waals surface area contributed by atoms with E-state index in [-0.39, 0.29) is 28.8 Å². The summed E-state index contributed by atoms with van der Waals surface area (Å²) in [4.78, 5) is 42.6. The highest BCUT2D eigenvalue weighted by Crippen LogP contribution is 2.41. The summed E-state index contributed by atoms with van der Waals surface area (Å²) in [5, 5.41) is 12.0. The summed E-state index contributed by atoms with van der Waals surface area (Å²) in [5.74, 6) is -1.87. The lowest BCUT2D eigenvalue weighted by molar-refractivity contribution is -0.150. The van der Waals surface area contributed by atoms with Crippen LogP contribution >= 0.6 is 34.7 Å². The zero-order chi connectivity index (χ0) is 20.7. The molecule has 0 unspecified atom stereocenters. The SMILES string of the molecule is Nc1nc(CC(=O)N[C@@H]2C(=O)N3C(C(=O)O)=C(Cl)CS[C@H]23)c(-c2ccccc2)s1. The molecule has 0 spiro atoms. The second-order valence-electron chi connectivity index (χ2n) is 6.38. The maximum Gasteiger partial charge on any atom is 0.353 e. The van der Waals surface area contributed by atoms with Crippen LogP contribution in [0.25, 0.3) is 10.4 Å². The average Bonchev–Trinajstić information content (AvgIpc) is 3.06. The zero-order valence-electron chi connectivity index (χ0n) is 14.8. The molecular weight excluding hydrogens is 436 g/mol. The summed E-state index contributed by atoms with van der Waals surface area (Å²) < 4.78 is 0. The number of thioether (sulfide) groups is 1. The lowest BCUT2D eigenvalue weighted by Crippen LogP contribution is -2.70. The Bertz CT molecular complexity index is 1040. The average molecular weight is 451 g/mol. The quantitative estimate of drug-likeness (QED) is 0.593. The van der Waals surface area contributed by atoms with Gasteiger partial charge in [0.05, 0.1) is 22.0 Å². The summed E-state index contributed by atoms with van der Waals surface area (Å²) in [6.07, 6.45) is -0.0402. The Balaban J connectivity index is 1.47. The van der Waals surface area contributed by atoms with Crippen LogP contribution in [-0.4, -0.2) is 49.9 Å². The lowest BCUT2D eigenvalue weighted by Gasteiger charge is -2.48. The number of amides is 2. The number of thiazole rings is 1.